The SMILES string of the molecule is CNCCC1CCN(C(=O)C(C)N2CCC(Cc3ccccc3)CC2)CC1. The van der Waals surface area contributed by atoms with Crippen molar-refractivity contribution in [3.8, 4) is 0 Å². The van der Waals surface area contributed by atoms with Gasteiger partial charge in [-0.25, -0.2) is 0 Å². The van der Waals surface area contributed by atoms with Gasteiger partial charge in [-0.15, -0.1) is 0 Å². The zero-order valence-electron chi connectivity index (χ0n) is 17.2. The molecule has 1 aromatic rings. The number of likely N-dealkylation sites (tertiary alicyclic amines) is 2. The van der Waals surface area contributed by atoms with E-state index in [2.05, 4.69) is 52.4 Å². The third-order valence-electron chi connectivity index (χ3n) is 6.65. The van der Waals surface area contributed by atoms with Crippen molar-refractivity contribution in [2.75, 3.05) is 39.8 Å². The summed E-state index contributed by atoms with van der Waals surface area (Å²) in [7, 11) is 2.02. The van der Waals surface area contributed by atoms with E-state index in [-0.39, 0.29) is 6.04 Å². The lowest BCUT2D eigenvalue weighted by Gasteiger charge is -2.39. The number of carbonyl (C=O) groups excluding carboxylic acids is 1. The van der Waals surface area contributed by atoms with Crippen LogP contribution in [0.4, 0.5) is 0 Å². The molecule has 1 N–H and O–H groups in total. The van der Waals surface area contributed by atoms with Gasteiger partial charge in [0.15, 0.2) is 0 Å². The van der Waals surface area contributed by atoms with E-state index in [1.807, 2.05) is 7.05 Å². The van der Waals surface area contributed by atoms with Crippen molar-refractivity contribution in [1.82, 2.24) is 15.1 Å². The van der Waals surface area contributed by atoms with Gasteiger partial charge in [0.05, 0.1) is 6.04 Å². The van der Waals surface area contributed by atoms with E-state index in [4.69, 9.17) is 0 Å². The van der Waals surface area contributed by atoms with Gasteiger partial charge in [0.25, 0.3) is 0 Å². The Labute approximate surface area is 165 Å². The summed E-state index contributed by atoms with van der Waals surface area (Å²) in [5.74, 6) is 1.89. The fourth-order valence-electron chi connectivity index (χ4n) is 4.70. The molecular formula is C23H37N3O. The van der Waals surface area contributed by atoms with Gasteiger partial charge in [-0.1, -0.05) is 30.3 Å². The molecule has 3 rings (SSSR count). The highest BCUT2D eigenvalue weighted by Gasteiger charge is 2.31. The number of nitrogens with one attached hydrogen (secondary N) is 1. The smallest absolute Gasteiger partial charge is 0.239 e. The van der Waals surface area contributed by atoms with Gasteiger partial charge >= 0.3 is 0 Å². The van der Waals surface area contributed by atoms with Gasteiger partial charge in [0.1, 0.15) is 0 Å². The third kappa shape index (κ3) is 5.79. The van der Waals surface area contributed by atoms with Crippen molar-refractivity contribution in [2.24, 2.45) is 11.8 Å². The highest BCUT2D eigenvalue weighted by molar-refractivity contribution is 5.81. The summed E-state index contributed by atoms with van der Waals surface area (Å²) in [5.41, 5.74) is 1.45. The van der Waals surface area contributed by atoms with Crippen molar-refractivity contribution >= 4 is 5.91 Å². The average molecular weight is 372 g/mol. The zero-order valence-corrected chi connectivity index (χ0v) is 17.2. The number of nitrogens with zero attached hydrogens (tertiary/aromatic N) is 2. The van der Waals surface area contributed by atoms with Crippen LogP contribution in [0.2, 0.25) is 0 Å². The van der Waals surface area contributed by atoms with E-state index in [0.29, 0.717) is 5.91 Å². The number of rotatable bonds is 7. The molecule has 0 aromatic heterocycles. The molecule has 2 fully saturated rings. The van der Waals surface area contributed by atoms with E-state index < -0.39 is 0 Å². The van der Waals surface area contributed by atoms with E-state index in [0.717, 1.165) is 44.6 Å². The molecule has 2 saturated heterocycles. The third-order valence-corrected chi connectivity index (χ3v) is 6.65. The second-order valence-corrected chi connectivity index (χ2v) is 8.51. The summed E-state index contributed by atoms with van der Waals surface area (Å²) in [4.78, 5) is 17.5. The largest absolute Gasteiger partial charge is 0.341 e. The second kappa shape index (κ2) is 10.2. The molecule has 1 unspecified atom stereocenters. The van der Waals surface area contributed by atoms with Crippen LogP contribution in [0.1, 0.15) is 44.6 Å². The molecule has 2 heterocycles. The number of benzene rings is 1. The quantitative estimate of drug-likeness (QED) is 0.800. The summed E-state index contributed by atoms with van der Waals surface area (Å²) in [6.45, 7) is 7.22. The summed E-state index contributed by atoms with van der Waals surface area (Å²) in [5, 5.41) is 3.24. The maximum Gasteiger partial charge on any atom is 0.239 e. The molecule has 1 aromatic carbocycles. The first kappa shape index (κ1) is 20.3. The molecular weight excluding hydrogens is 334 g/mol. The molecule has 2 aliphatic heterocycles. The van der Waals surface area contributed by atoms with Crippen LogP contribution in [0.5, 0.6) is 0 Å². The first-order valence-corrected chi connectivity index (χ1v) is 10.9. The van der Waals surface area contributed by atoms with Crippen molar-refractivity contribution < 1.29 is 4.79 Å². The normalized spacial score (nSPS) is 21.3. The predicted molar refractivity (Wildman–Crippen MR) is 112 cm³/mol. The number of hydrogen-bond donors (Lipinski definition) is 1. The Bertz CT molecular complexity index is 560. The molecule has 0 spiro atoms. The van der Waals surface area contributed by atoms with Gasteiger partial charge in [0, 0.05) is 13.1 Å². The van der Waals surface area contributed by atoms with E-state index >= 15 is 0 Å². The van der Waals surface area contributed by atoms with Crippen molar-refractivity contribution in [2.45, 2.75) is 51.5 Å². The molecule has 0 saturated carbocycles. The summed E-state index contributed by atoms with van der Waals surface area (Å²) >= 11 is 0. The van der Waals surface area contributed by atoms with Crippen molar-refractivity contribution in [3.63, 3.8) is 0 Å². The van der Waals surface area contributed by atoms with E-state index in [1.165, 1.54) is 44.1 Å². The van der Waals surface area contributed by atoms with Gasteiger partial charge in [-0.05, 0) is 89.5 Å². The highest BCUT2D eigenvalue weighted by atomic mass is 16.2. The topological polar surface area (TPSA) is 35.6 Å². The minimum atomic E-state index is 0.0385. The fourth-order valence-corrected chi connectivity index (χ4v) is 4.70. The standard InChI is InChI=1S/C23H37N3O/c1-19(23(27)26-16-9-20(10-17-26)8-13-24-2)25-14-11-22(12-15-25)18-21-6-4-3-5-7-21/h3-7,19-20,22,24H,8-18H2,1-2H3. The highest BCUT2D eigenvalue weighted by Crippen LogP contribution is 2.25. The monoisotopic (exact) mass is 371 g/mol. The van der Waals surface area contributed by atoms with Gasteiger partial charge in [-0.2, -0.15) is 0 Å². The Morgan fingerprint density at radius 3 is 2.30 bits per heavy atom. The minimum Gasteiger partial charge on any atom is -0.341 e. The Balaban J connectivity index is 1.41. The molecule has 1 amide bonds. The van der Waals surface area contributed by atoms with Crippen LogP contribution in [-0.4, -0.2) is 61.5 Å². The molecule has 4 nitrogen and oxygen atoms in total. The molecule has 2 aliphatic rings. The van der Waals surface area contributed by atoms with Gasteiger partial charge < -0.3 is 10.2 Å². The van der Waals surface area contributed by atoms with Gasteiger partial charge in [-0.3, -0.25) is 9.69 Å². The maximum atomic E-state index is 13.0. The van der Waals surface area contributed by atoms with Crippen LogP contribution < -0.4 is 5.32 Å². The number of piperidine rings is 2. The Kier molecular flexibility index (Phi) is 7.71. The van der Waals surface area contributed by atoms with Crippen LogP contribution in [0, 0.1) is 11.8 Å². The number of carbonyl (C=O) groups is 1. The Hall–Kier alpha value is -1.39. The lowest BCUT2D eigenvalue weighted by molar-refractivity contribution is -0.138. The summed E-state index contributed by atoms with van der Waals surface area (Å²) < 4.78 is 0. The first-order chi connectivity index (χ1) is 13.2. The average Bonchev–Trinajstić information content (AvgIpc) is 2.73. The van der Waals surface area contributed by atoms with E-state index in [1.54, 1.807) is 0 Å². The molecule has 4 heteroatoms. The van der Waals surface area contributed by atoms with Crippen molar-refractivity contribution in [3.05, 3.63) is 35.9 Å². The first-order valence-electron chi connectivity index (χ1n) is 10.9. The molecule has 0 radical (unpaired) electrons. The zero-order chi connectivity index (χ0) is 19.1. The summed E-state index contributed by atoms with van der Waals surface area (Å²) in [6.07, 6.45) is 7.16. The Morgan fingerprint density at radius 2 is 1.67 bits per heavy atom. The van der Waals surface area contributed by atoms with E-state index in [9.17, 15) is 4.79 Å². The van der Waals surface area contributed by atoms with Crippen LogP contribution in [0.3, 0.4) is 0 Å². The lowest BCUT2D eigenvalue weighted by Crippen LogP contribution is -2.51. The van der Waals surface area contributed by atoms with Crippen LogP contribution in [-0.2, 0) is 11.2 Å². The second-order valence-electron chi connectivity index (χ2n) is 8.51. The fraction of sp³-hybridized carbons (Fsp3) is 0.696. The molecule has 150 valence electrons. The van der Waals surface area contributed by atoms with Crippen LogP contribution >= 0.6 is 0 Å². The lowest BCUT2D eigenvalue weighted by atomic mass is 9.89. The number of hydrogen-bond acceptors (Lipinski definition) is 3. The molecule has 27 heavy (non-hydrogen) atoms. The van der Waals surface area contributed by atoms with Crippen LogP contribution in [0.25, 0.3) is 0 Å². The predicted octanol–water partition coefficient (Wildman–Crippen LogP) is 3.18. The Morgan fingerprint density at radius 1 is 1.04 bits per heavy atom. The minimum absolute atomic E-state index is 0.0385. The van der Waals surface area contributed by atoms with Gasteiger partial charge in [0.2, 0.25) is 5.91 Å². The number of amides is 1. The molecule has 0 bridgehead atoms. The van der Waals surface area contributed by atoms with Crippen LogP contribution in [0.15, 0.2) is 30.3 Å². The maximum absolute atomic E-state index is 13.0. The summed E-state index contributed by atoms with van der Waals surface area (Å²) in [6, 6.07) is 10.9. The molecule has 1 atom stereocenters. The van der Waals surface area contributed by atoms with Crippen molar-refractivity contribution in [1.29, 1.82) is 0 Å². The molecule has 0 aliphatic carbocycles.